The molecule has 0 aromatic carbocycles. The Balaban J connectivity index is 2.12. The van der Waals surface area contributed by atoms with Crippen LogP contribution in [0.2, 0.25) is 0 Å². The Hall–Kier alpha value is -0.200. The minimum atomic E-state index is -0.842. The molecule has 2 saturated heterocycles. The first-order valence-corrected chi connectivity index (χ1v) is 6.04. The average Bonchev–Trinajstić information content (AvgIpc) is 2.64. The van der Waals surface area contributed by atoms with E-state index in [0.717, 1.165) is 19.6 Å². The Bertz CT molecular complexity index is 251. The van der Waals surface area contributed by atoms with Crippen LogP contribution >= 0.6 is 0 Å². The lowest BCUT2D eigenvalue weighted by atomic mass is 9.90. The average molecular weight is 230 g/mol. The molecule has 16 heavy (non-hydrogen) atoms. The van der Waals surface area contributed by atoms with E-state index in [1.165, 1.54) is 0 Å². The van der Waals surface area contributed by atoms with Crippen molar-refractivity contribution in [3.05, 3.63) is 0 Å². The SMILES string of the molecule is CCN(C)C1CN2CCC(O)C2C(O)C1O. The summed E-state index contributed by atoms with van der Waals surface area (Å²) in [5, 5.41) is 29.9. The third-order valence-corrected chi connectivity index (χ3v) is 4.11. The summed E-state index contributed by atoms with van der Waals surface area (Å²) in [6.45, 7) is 4.41. The van der Waals surface area contributed by atoms with Gasteiger partial charge in [0.15, 0.2) is 0 Å². The first kappa shape index (κ1) is 12.3. The maximum Gasteiger partial charge on any atom is 0.0994 e. The molecule has 5 unspecified atom stereocenters. The Morgan fingerprint density at radius 2 is 1.94 bits per heavy atom. The second-order valence-electron chi connectivity index (χ2n) is 4.96. The van der Waals surface area contributed by atoms with Crippen molar-refractivity contribution in [2.24, 2.45) is 0 Å². The first-order valence-electron chi connectivity index (χ1n) is 6.04. The van der Waals surface area contributed by atoms with E-state index >= 15 is 0 Å². The zero-order valence-corrected chi connectivity index (χ0v) is 9.95. The Morgan fingerprint density at radius 3 is 2.56 bits per heavy atom. The lowest BCUT2D eigenvalue weighted by Crippen LogP contribution is -2.65. The molecule has 94 valence electrons. The topological polar surface area (TPSA) is 67.2 Å². The zero-order valence-electron chi connectivity index (χ0n) is 9.95. The molecule has 5 nitrogen and oxygen atoms in total. The van der Waals surface area contributed by atoms with Crippen LogP contribution in [0.4, 0.5) is 0 Å². The van der Waals surface area contributed by atoms with Gasteiger partial charge in [-0.05, 0) is 20.0 Å². The molecule has 2 fully saturated rings. The molecular weight excluding hydrogens is 208 g/mol. The normalized spacial score (nSPS) is 45.0. The third-order valence-electron chi connectivity index (χ3n) is 4.11. The highest BCUT2D eigenvalue weighted by Gasteiger charge is 2.48. The number of likely N-dealkylation sites (N-methyl/N-ethyl adjacent to an activating group) is 1. The maximum absolute atomic E-state index is 10.1. The first-order chi connectivity index (χ1) is 7.56. The van der Waals surface area contributed by atoms with E-state index in [0.29, 0.717) is 6.42 Å². The number of hydrogen-bond donors (Lipinski definition) is 3. The molecule has 5 atom stereocenters. The van der Waals surface area contributed by atoms with Crippen molar-refractivity contribution in [1.29, 1.82) is 0 Å². The predicted octanol–water partition coefficient (Wildman–Crippen LogP) is -1.52. The van der Waals surface area contributed by atoms with Crippen LogP contribution in [-0.4, -0.2) is 82.2 Å². The van der Waals surface area contributed by atoms with Crippen LogP contribution in [0.1, 0.15) is 13.3 Å². The summed E-state index contributed by atoms with van der Waals surface area (Å²) in [4.78, 5) is 4.15. The van der Waals surface area contributed by atoms with E-state index in [2.05, 4.69) is 9.80 Å². The number of piperidine rings is 1. The summed E-state index contributed by atoms with van der Waals surface area (Å²) in [5.74, 6) is 0. The number of fused-ring (bicyclic) bond motifs is 1. The van der Waals surface area contributed by atoms with E-state index in [1.54, 1.807) is 0 Å². The van der Waals surface area contributed by atoms with Gasteiger partial charge in [-0.15, -0.1) is 0 Å². The van der Waals surface area contributed by atoms with E-state index in [9.17, 15) is 15.3 Å². The van der Waals surface area contributed by atoms with Crippen molar-refractivity contribution in [3.8, 4) is 0 Å². The van der Waals surface area contributed by atoms with E-state index < -0.39 is 18.3 Å². The number of nitrogens with zero attached hydrogens (tertiary/aromatic N) is 2. The molecule has 0 amide bonds. The molecule has 0 aromatic heterocycles. The van der Waals surface area contributed by atoms with Gasteiger partial charge >= 0.3 is 0 Å². The second kappa shape index (κ2) is 4.58. The number of aliphatic hydroxyl groups is 3. The zero-order chi connectivity index (χ0) is 11.9. The van der Waals surface area contributed by atoms with Crippen LogP contribution in [0.25, 0.3) is 0 Å². The smallest absolute Gasteiger partial charge is 0.0994 e. The largest absolute Gasteiger partial charge is 0.391 e. The third kappa shape index (κ3) is 1.87. The molecule has 3 N–H and O–H groups in total. The fourth-order valence-corrected chi connectivity index (χ4v) is 2.93. The minimum absolute atomic E-state index is 0.0402. The molecular formula is C11H22N2O3. The fraction of sp³-hybridized carbons (Fsp3) is 1.00. The quantitative estimate of drug-likeness (QED) is 0.537. The lowest BCUT2D eigenvalue weighted by molar-refractivity contribution is -0.121. The van der Waals surface area contributed by atoms with Crippen molar-refractivity contribution in [3.63, 3.8) is 0 Å². The van der Waals surface area contributed by atoms with Crippen LogP contribution in [0.15, 0.2) is 0 Å². The molecule has 2 rings (SSSR count). The number of rotatable bonds is 2. The molecule has 5 heteroatoms. The Morgan fingerprint density at radius 1 is 1.25 bits per heavy atom. The van der Waals surface area contributed by atoms with E-state index in [-0.39, 0.29) is 12.1 Å². The van der Waals surface area contributed by atoms with Crippen LogP contribution in [-0.2, 0) is 0 Å². The van der Waals surface area contributed by atoms with Crippen molar-refractivity contribution < 1.29 is 15.3 Å². The van der Waals surface area contributed by atoms with Gasteiger partial charge in [0.2, 0.25) is 0 Å². The summed E-state index contributed by atoms with van der Waals surface area (Å²) < 4.78 is 0. The monoisotopic (exact) mass is 230 g/mol. The van der Waals surface area contributed by atoms with Gasteiger partial charge in [-0.3, -0.25) is 9.80 Å². The molecule has 0 spiro atoms. The van der Waals surface area contributed by atoms with Gasteiger partial charge in [0, 0.05) is 13.1 Å². The van der Waals surface area contributed by atoms with E-state index in [1.807, 2.05) is 14.0 Å². The van der Waals surface area contributed by atoms with Crippen LogP contribution in [0.3, 0.4) is 0 Å². The Labute approximate surface area is 96.3 Å². The highest BCUT2D eigenvalue weighted by atomic mass is 16.3. The molecule has 0 bridgehead atoms. The summed E-state index contributed by atoms with van der Waals surface area (Å²) >= 11 is 0. The summed E-state index contributed by atoms with van der Waals surface area (Å²) in [6, 6.07) is -0.321. The molecule has 0 aliphatic carbocycles. The van der Waals surface area contributed by atoms with Gasteiger partial charge in [0.05, 0.1) is 30.4 Å². The van der Waals surface area contributed by atoms with Crippen LogP contribution in [0, 0.1) is 0 Å². The molecule has 2 heterocycles. The summed E-state index contributed by atoms with van der Waals surface area (Å²) in [5.41, 5.74) is 0. The number of aliphatic hydroxyl groups excluding tert-OH is 3. The van der Waals surface area contributed by atoms with Crippen molar-refractivity contribution >= 4 is 0 Å². The van der Waals surface area contributed by atoms with E-state index in [4.69, 9.17) is 0 Å². The summed E-state index contributed by atoms with van der Waals surface area (Å²) in [6.07, 6.45) is -1.42. The van der Waals surface area contributed by atoms with Gasteiger partial charge in [-0.25, -0.2) is 0 Å². The fourth-order valence-electron chi connectivity index (χ4n) is 2.93. The predicted molar refractivity (Wildman–Crippen MR) is 60.1 cm³/mol. The molecule has 0 saturated carbocycles. The van der Waals surface area contributed by atoms with Crippen molar-refractivity contribution in [1.82, 2.24) is 9.80 Å². The maximum atomic E-state index is 10.1. The lowest BCUT2D eigenvalue weighted by Gasteiger charge is -2.45. The number of hydrogen-bond acceptors (Lipinski definition) is 5. The second-order valence-corrected chi connectivity index (χ2v) is 4.96. The van der Waals surface area contributed by atoms with Gasteiger partial charge in [-0.2, -0.15) is 0 Å². The van der Waals surface area contributed by atoms with Crippen molar-refractivity contribution in [2.45, 2.75) is 43.7 Å². The van der Waals surface area contributed by atoms with Gasteiger partial charge in [-0.1, -0.05) is 6.92 Å². The van der Waals surface area contributed by atoms with Gasteiger partial charge in [0.25, 0.3) is 0 Å². The van der Waals surface area contributed by atoms with Crippen LogP contribution < -0.4 is 0 Å². The molecule has 2 aliphatic heterocycles. The Kier molecular flexibility index (Phi) is 3.51. The molecule has 0 radical (unpaired) electrons. The standard InChI is InChI=1S/C11H22N2O3/c1-3-12(2)7-6-13-5-4-8(14)9(13)11(16)10(7)15/h7-11,14-16H,3-6H2,1-2H3. The molecule has 0 aromatic rings. The van der Waals surface area contributed by atoms with Gasteiger partial charge in [0.1, 0.15) is 0 Å². The van der Waals surface area contributed by atoms with Crippen LogP contribution in [0.5, 0.6) is 0 Å². The highest BCUT2D eigenvalue weighted by molar-refractivity contribution is 5.03. The molecule has 2 aliphatic rings. The van der Waals surface area contributed by atoms with Crippen molar-refractivity contribution in [2.75, 3.05) is 26.7 Å². The minimum Gasteiger partial charge on any atom is -0.391 e. The highest BCUT2D eigenvalue weighted by Crippen LogP contribution is 2.29. The van der Waals surface area contributed by atoms with Gasteiger partial charge < -0.3 is 15.3 Å². The summed E-state index contributed by atoms with van der Waals surface area (Å²) in [7, 11) is 1.95.